The van der Waals surface area contributed by atoms with Crippen molar-refractivity contribution in [3.05, 3.63) is 65.7 Å². The van der Waals surface area contributed by atoms with Crippen molar-refractivity contribution in [3.63, 3.8) is 0 Å². The molecule has 0 aliphatic rings. The van der Waals surface area contributed by atoms with Crippen LogP contribution in [-0.4, -0.2) is 22.6 Å². The van der Waals surface area contributed by atoms with Crippen LogP contribution in [0, 0.1) is 0 Å². The Morgan fingerprint density at radius 3 is 2.58 bits per heavy atom. The number of anilines is 1. The summed E-state index contributed by atoms with van der Waals surface area (Å²) in [7, 11) is 0. The maximum absolute atomic E-state index is 12.4. The summed E-state index contributed by atoms with van der Waals surface area (Å²) in [5.41, 5.74) is 7.63. The van der Waals surface area contributed by atoms with Crippen molar-refractivity contribution >= 4 is 40.6 Å². The average Bonchev–Trinajstić information content (AvgIpc) is 3.10. The SMILES string of the molecule is NC(=O)CSc1ccccc1NC(=O)Cc1csc(-c2ccccc2)n1. The van der Waals surface area contributed by atoms with E-state index in [-0.39, 0.29) is 18.1 Å². The molecule has 0 aliphatic heterocycles. The fraction of sp³-hybridized carbons (Fsp3) is 0.105. The van der Waals surface area contributed by atoms with Gasteiger partial charge in [0.1, 0.15) is 5.01 Å². The molecule has 0 bridgehead atoms. The number of thiazole rings is 1. The molecule has 0 radical (unpaired) electrons. The van der Waals surface area contributed by atoms with Gasteiger partial charge in [0.15, 0.2) is 0 Å². The highest BCUT2D eigenvalue weighted by molar-refractivity contribution is 8.00. The fourth-order valence-corrected chi connectivity index (χ4v) is 3.88. The number of aromatic nitrogens is 1. The van der Waals surface area contributed by atoms with E-state index >= 15 is 0 Å². The molecule has 2 amide bonds. The quantitative estimate of drug-likeness (QED) is 0.611. The molecule has 3 N–H and O–H groups in total. The summed E-state index contributed by atoms with van der Waals surface area (Å²) >= 11 is 2.82. The van der Waals surface area contributed by atoms with Gasteiger partial charge in [-0.3, -0.25) is 9.59 Å². The molecule has 1 aromatic heterocycles. The van der Waals surface area contributed by atoms with Gasteiger partial charge in [0, 0.05) is 15.8 Å². The Kier molecular flexibility index (Phi) is 6.04. The van der Waals surface area contributed by atoms with Crippen LogP contribution in [0.2, 0.25) is 0 Å². The van der Waals surface area contributed by atoms with Gasteiger partial charge in [-0.25, -0.2) is 4.98 Å². The van der Waals surface area contributed by atoms with Gasteiger partial charge in [0.05, 0.1) is 23.6 Å². The number of nitrogens with two attached hydrogens (primary N) is 1. The summed E-state index contributed by atoms with van der Waals surface area (Å²) in [6.45, 7) is 0. The number of thioether (sulfide) groups is 1. The minimum atomic E-state index is -0.396. The summed E-state index contributed by atoms with van der Waals surface area (Å²) in [6, 6.07) is 17.2. The first-order chi connectivity index (χ1) is 12.6. The van der Waals surface area contributed by atoms with Crippen LogP contribution in [0.15, 0.2) is 64.9 Å². The molecular formula is C19H17N3O2S2. The van der Waals surface area contributed by atoms with Crippen LogP contribution in [0.3, 0.4) is 0 Å². The van der Waals surface area contributed by atoms with Crippen LogP contribution in [0.5, 0.6) is 0 Å². The Hall–Kier alpha value is -2.64. The predicted molar refractivity (Wildman–Crippen MR) is 106 cm³/mol. The fourth-order valence-electron chi connectivity index (χ4n) is 2.31. The summed E-state index contributed by atoms with van der Waals surface area (Å²) in [5.74, 6) is -0.381. The molecule has 5 nitrogen and oxygen atoms in total. The number of amides is 2. The normalized spacial score (nSPS) is 10.5. The maximum atomic E-state index is 12.4. The minimum Gasteiger partial charge on any atom is -0.369 e. The van der Waals surface area contributed by atoms with E-state index in [1.807, 2.05) is 53.9 Å². The lowest BCUT2D eigenvalue weighted by Crippen LogP contribution is -2.16. The third-order valence-corrected chi connectivity index (χ3v) is 5.48. The van der Waals surface area contributed by atoms with Gasteiger partial charge in [-0.05, 0) is 12.1 Å². The molecule has 3 rings (SSSR count). The molecule has 26 heavy (non-hydrogen) atoms. The molecule has 0 spiro atoms. The van der Waals surface area contributed by atoms with E-state index in [0.717, 1.165) is 21.2 Å². The molecule has 0 atom stereocenters. The van der Waals surface area contributed by atoms with Gasteiger partial charge < -0.3 is 11.1 Å². The van der Waals surface area contributed by atoms with Gasteiger partial charge in [-0.15, -0.1) is 23.1 Å². The van der Waals surface area contributed by atoms with Gasteiger partial charge in [-0.1, -0.05) is 42.5 Å². The van der Waals surface area contributed by atoms with E-state index in [1.165, 1.54) is 23.1 Å². The molecule has 1 heterocycles. The van der Waals surface area contributed by atoms with Crippen LogP contribution in [0.4, 0.5) is 5.69 Å². The third-order valence-electron chi connectivity index (χ3n) is 3.45. The number of nitrogens with zero attached hydrogens (tertiary/aromatic N) is 1. The van der Waals surface area contributed by atoms with Crippen molar-refractivity contribution in [3.8, 4) is 10.6 Å². The minimum absolute atomic E-state index is 0.151. The van der Waals surface area contributed by atoms with Crippen LogP contribution in [0.1, 0.15) is 5.69 Å². The number of hydrogen-bond donors (Lipinski definition) is 2. The van der Waals surface area contributed by atoms with Gasteiger partial charge in [0.25, 0.3) is 0 Å². The van der Waals surface area contributed by atoms with E-state index in [2.05, 4.69) is 10.3 Å². The average molecular weight is 383 g/mol. The second-order valence-electron chi connectivity index (χ2n) is 5.49. The topological polar surface area (TPSA) is 85.1 Å². The van der Waals surface area contributed by atoms with E-state index in [1.54, 1.807) is 6.07 Å². The Morgan fingerprint density at radius 1 is 1.08 bits per heavy atom. The van der Waals surface area contributed by atoms with Crippen molar-refractivity contribution in [2.75, 3.05) is 11.1 Å². The van der Waals surface area contributed by atoms with Gasteiger partial charge in [0.2, 0.25) is 11.8 Å². The largest absolute Gasteiger partial charge is 0.369 e. The standard InChI is InChI=1S/C19H17N3O2S2/c20-17(23)12-25-16-9-5-4-8-15(16)22-18(24)10-14-11-26-19(21-14)13-6-2-1-3-7-13/h1-9,11H,10,12H2,(H2,20,23)(H,22,24). The van der Waals surface area contributed by atoms with Gasteiger partial charge in [-0.2, -0.15) is 0 Å². The number of benzene rings is 2. The van der Waals surface area contributed by atoms with Crippen molar-refractivity contribution in [2.45, 2.75) is 11.3 Å². The van der Waals surface area contributed by atoms with E-state index in [9.17, 15) is 9.59 Å². The second-order valence-corrected chi connectivity index (χ2v) is 7.36. The van der Waals surface area contributed by atoms with Crippen LogP contribution in [0.25, 0.3) is 10.6 Å². The molecule has 0 fully saturated rings. The molecule has 0 aliphatic carbocycles. The Labute approximate surface area is 159 Å². The number of carbonyl (C=O) groups excluding carboxylic acids is 2. The van der Waals surface area contributed by atoms with Crippen LogP contribution in [-0.2, 0) is 16.0 Å². The second kappa shape index (κ2) is 8.64. The number of nitrogens with one attached hydrogen (secondary N) is 1. The number of carbonyl (C=O) groups is 2. The summed E-state index contributed by atoms with van der Waals surface area (Å²) < 4.78 is 0. The molecular weight excluding hydrogens is 366 g/mol. The monoisotopic (exact) mass is 383 g/mol. The van der Waals surface area contributed by atoms with E-state index < -0.39 is 5.91 Å². The zero-order chi connectivity index (χ0) is 18.4. The molecule has 132 valence electrons. The molecule has 0 unspecified atom stereocenters. The molecule has 0 saturated carbocycles. The maximum Gasteiger partial charge on any atom is 0.230 e. The lowest BCUT2D eigenvalue weighted by atomic mass is 10.2. The molecule has 2 aromatic carbocycles. The Morgan fingerprint density at radius 2 is 1.81 bits per heavy atom. The predicted octanol–water partition coefficient (Wildman–Crippen LogP) is 3.57. The first kappa shape index (κ1) is 18.2. The zero-order valence-corrected chi connectivity index (χ0v) is 15.5. The number of primary amides is 1. The van der Waals surface area contributed by atoms with Crippen LogP contribution < -0.4 is 11.1 Å². The molecule has 7 heteroatoms. The first-order valence-electron chi connectivity index (χ1n) is 7.91. The van der Waals surface area contributed by atoms with Crippen LogP contribution >= 0.6 is 23.1 Å². The Bertz CT molecular complexity index is 910. The lowest BCUT2D eigenvalue weighted by molar-refractivity contribution is -0.116. The summed E-state index contributed by atoms with van der Waals surface area (Å²) in [5, 5.41) is 5.68. The smallest absolute Gasteiger partial charge is 0.230 e. The highest BCUT2D eigenvalue weighted by atomic mass is 32.2. The zero-order valence-electron chi connectivity index (χ0n) is 13.8. The van der Waals surface area contributed by atoms with E-state index in [4.69, 9.17) is 5.73 Å². The molecule has 0 saturated heterocycles. The highest BCUT2D eigenvalue weighted by Crippen LogP contribution is 2.27. The first-order valence-corrected chi connectivity index (χ1v) is 9.78. The Balaban J connectivity index is 1.65. The lowest BCUT2D eigenvalue weighted by Gasteiger charge is -2.09. The number of hydrogen-bond acceptors (Lipinski definition) is 5. The summed E-state index contributed by atoms with van der Waals surface area (Å²) in [4.78, 5) is 28.7. The molecule has 3 aromatic rings. The number of rotatable bonds is 7. The van der Waals surface area contributed by atoms with E-state index in [0.29, 0.717) is 5.69 Å². The van der Waals surface area contributed by atoms with Crippen molar-refractivity contribution in [1.29, 1.82) is 0 Å². The third kappa shape index (κ3) is 4.93. The van der Waals surface area contributed by atoms with Crippen molar-refractivity contribution in [2.24, 2.45) is 5.73 Å². The van der Waals surface area contributed by atoms with Gasteiger partial charge >= 0.3 is 0 Å². The summed E-state index contributed by atoms with van der Waals surface area (Å²) in [6.07, 6.45) is 0.193. The number of para-hydroxylation sites is 1. The van der Waals surface area contributed by atoms with Crippen molar-refractivity contribution < 1.29 is 9.59 Å². The highest BCUT2D eigenvalue weighted by Gasteiger charge is 2.11. The van der Waals surface area contributed by atoms with Crippen molar-refractivity contribution in [1.82, 2.24) is 4.98 Å².